The van der Waals surface area contributed by atoms with Crippen molar-refractivity contribution in [2.24, 2.45) is 0 Å². The summed E-state index contributed by atoms with van der Waals surface area (Å²) in [6.45, 7) is 3.39. The van der Waals surface area contributed by atoms with E-state index in [1.165, 1.54) is 0 Å². The number of carbonyl (C=O) groups excluding carboxylic acids is 1. The highest BCUT2D eigenvalue weighted by Crippen LogP contribution is 2.32. The van der Waals surface area contributed by atoms with Gasteiger partial charge in [-0.25, -0.2) is 4.98 Å². The van der Waals surface area contributed by atoms with E-state index >= 15 is 0 Å². The van der Waals surface area contributed by atoms with Crippen LogP contribution in [-0.4, -0.2) is 49.6 Å². The van der Waals surface area contributed by atoms with E-state index in [4.69, 9.17) is 14.2 Å². The Morgan fingerprint density at radius 3 is 2.54 bits per heavy atom. The highest BCUT2D eigenvalue weighted by molar-refractivity contribution is 5.90. The third-order valence-electron chi connectivity index (χ3n) is 5.04. The SMILES string of the molecule is O=C(CCOc1ccccc1)Nc1ccc(N2CCC3(CC2)OCCO3)nc1. The summed E-state index contributed by atoms with van der Waals surface area (Å²) in [6, 6.07) is 13.3. The molecular weight excluding hydrogens is 358 g/mol. The number of ether oxygens (including phenoxy) is 3. The fraction of sp³-hybridized carbons (Fsp3) is 0.429. The van der Waals surface area contributed by atoms with Crippen LogP contribution in [0.2, 0.25) is 0 Å². The van der Waals surface area contributed by atoms with Gasteiger partial charge < -0.3 is 24.4 Å². The largest absolute Gasteiger partial charge is 0.493 e. The van der Waals surface area contributed by atoms with E-state index in [9.17, 15) is 4.79 Å². The fourth-order valence-electron chi connectivity index (χ4n) is 3.51. The van der Waals surface area contributed by atoms with E-state index in [0.717, 1.165) is 37.5 Å². The average molecular weight is 383 g/mol. The topological polar surface area (TPSA) is 72.9 Å². The van der Waals surface area contributed by atoms with Crippen molar-refractivity contribution >= 4 is 17.4 Å². The van der Waals surface area contributed by atoms with Gasteiger partial charge in [0.1, 0.15) is 11.6 Å². The van der Waals surface area contributed by atoms with Crippen LogP contribution in [0.15, 0.2) is 48.7 Å². The van der Waals surface area contributed by atoms with Crippen LogP contribution in [0.1, 0.15) is 19.3 Å². The number of hydrogen-bond acceptors (Lipinski definition) is 6. The number of hydrogen-bond donors (Lipinski definition) is 1. The van der Waals surface area contributed by atoms with Crippen molar-refractivity contribution < 1.29 is 19.0 Å². The number of nitrogens with zero attached hydrogens (tertiary/aromatic N) is 2. The average Bonchev–Trinajstić information content (AvgIpc) is 3.18. The molecule has 0 unspecified atom stereocenters. The molecule has 2 aromatic rings. The monoisotopic (exact) mass is 383 g/mol. The summed E-state index contributed by atoms with van der Waals surface area (Å²) in [5, 5.41) is 2.86. The highest BCUT2D eigenvalue weighted by Gasteiger charge is 2.39. The van der Waals surface area contributed by atoms with Gasteiger partial charge in [0.05, 0.1) is 38.1 Å². The molecule has 0 aliphatic carbocycles. The Hall–Kier alpha value is -2.64. The van der Waals surface area contributed by atoms with Gasteiger partial charge in [-0.3, -0.25) is 4.79 Å². The van der Waals surface area contributed by atoms with E-state index in [1.807, 2.05) is 42.5 Å². The van der Waals surface area contributed by atoms with Crippen molar-refractivity contribution in [3.05, 3.63) is 48.7 Å². The number of pyridine rings is 1. The first-order valence-corrected chi connectivity index (χ1v) is 9.69. The summed E-state index contributed by atoms with van der Waals surface area (Å²) < 4.78 is 17.1. The molecule has 4 rings (SSSR count). The summed E-state index contributed by atoms with van der Waals surface area (Å²) >= 11 is 0. The maximum absolute atomic E-state index is 12.1. The molecule has 148 valence electrons. The van der Waals surface area contributed by atoms with E-state index in [-0.39, 0.29) is 18.1 Å². The second-order valence-corrected chi connectivity index (χ2v) is 6.96. The molecule has 0 atom stereocenters. The van der Waals surface area contributed by atoms with Gasteiger partial charge in [0.2, 0.25) is 5.91 Å². The lowest BCUT2D eigenvalue weighted by Gasteiger charge is -2.38. The summed E-state index contributed by atoms with van der Waals surface area (Å²) in [6.07, 6.45) is 3.66. The van der Waals surface area contributed by atoms with Crippen LogP contribution >= 0.6 is 0 Å². The molecule has 3 heterocycles. The Morgan fingerprint density at radius 1 is 1.11 bits per heavy atom. The van der Waals surface area contributed by atoms with Gasteiger partial charge in [-0.1, -0.05) is 18.2 Å². The zero-order valence-electron chi connectivity index (χ0n) is 15.8. The number of carbonyl (C=O) groups is 1. The Bertz CT molecular complexity index is 766. The number of anilines is 2. The lowest BCUT2D eigenvalue weighted by molar-refractivity contribution is -0.169. The van der Waals surface area contributed by atoms with Crippen molar-refractivity contribution in [3.63, 3.8) is 0 Å². The van der Waals surface area contributed by atoms with Crippen LogP contribution in [0.3, 0.4) is 0 Å². The zero-order chi connectivity index (χ0) is 19.2. The maximum atomic E-state index is 12.1. The van der Waals surface area contributed by atoms with Gasteiger partial charge in [0.25, 0.3) is 0 Å². The second-order valence-electron chi connectivity index (χ2n) is 6.96. The Morgan fingerprint density at radius 2 is 1.86 bits per heavy atom. The van der Waals surface area contributed by atoms with E-state index in [2.05, 4.69) is 15.2 Å². The molecule has 1 N–H and O–H groups in total. The van der Waals surface area contributed by atoms with Crippen molar-refractivity contribution in [1.82, 2.24) is 4.98 Å². The summed E-state index contributed by atoms with van der Waals surface area (Å²) in [7, 11) is 0. The number of nitrogens with one attached hydrogen (secondary N) is 1. The zero-order valence-corrected chi connectivity index (χ0v) is 15.8. The summed E-state index contributed by atoms with van der Waals surface area (Å²) in [4.78, 5) is 18.8. The molecule has 7 heteroatoms. The van der Waals surface area contributed by atoms with Crippen LogP contribution in [0.25, 0.3) is 0 Å². The molecule has 2 fully saturated rings. The van der Waals surface area contributed by atoms with Crippen LogP contribution in [0.5, 0.6) is 5.75 Å². The minimum atomic E-state index is -0.383. The van der Waals surface area contributed by atoms with E-state index < -0.39 is 0 Å². The summed E-state index contributed by atoms with van der Waals surface area (Å²) in [5.74, 6) is 1.18. The number of piperidine rings is 1. The van der Waals surface area contributed by atoms with Crippen LogP contribution in [-0.2, 0) is 14.3 Å². The predicted octanol–water partition coefficient (Wildman–Crippen LogP) is 2.83. The molecule has 1 aromatic heterocycles. The van der Waals surface area contributed by atoms with Crippen molar-refractivity contribution in [2.75, 3.05) is 43.1 Å². The molecule has 2 aliphatic rings. The van der Waals surface area contributed by atoms with Crippen molar-refractivity contribution in [3.8, 4) is 5.75 Å². The fourth-order valence-corrected chi connectivity index (χ4v) is 3.51. The molecule has 28 heavy (non-hydrogen) atoms. The molecule has 0 bridgehead atoms. The lowest BCUT2D eigenvalue weighted by Crippen LogP contribution is -2.45. The van der Waals surface area contributed by atoms with Crippen LogP contribution < -0.4 is 15.0 Å². The van der Waals surface area contributed by atoms with Crippen molar-refractivity contribution in [2.45, 2.75) is 25.0 Å². The predicted molar refractivity (Wildman–Crippen MR) is 106 cm³/mol. The summed E-state index contributed by atoms with van der Waals surface area (Å²) in [5.41, 5.74) is 0.685. The smallest absolute Gasteiger partial charge is 0.227 e. The Labute approximate surface area is 164 Å². The highest BCUT2D eigenvalue weighted by atomic mass is 16.7. The first-order chi connectivity index (χ1) is 13.7. The van der Waals surface area contributed by atoms with Gasteiger partial charge in [-0.2, -0.15) is 0 Å². The van der Waals surface area contributed by atoms with Gasteiger partial charge in [0.15, 0.2) is 5.79 Å². The van der Waals surface area contributed by atoms with Crippen LogP contribution in [0, 0.1) is 0 Å². The minimum absolute atomic E-state index is 0.0964. The Kier molecular flexibility index (Phi) is 5.73. The third-order valence-corrected chi connectivity index (χ3v) is 5.04. The third kappa shape index (κ3) is 4.61. The molecule has 2 aliphatic heterocycles. The molecule has 1 spiro atoms. The first kappa shape index (κ1) is 18.7. The first-order valence-electron chi connectivity index (χ1n) is 9.69. The molecular formula is C21H25N3O4. The van der Waals surface area contributed by atoms with E-state index in [0.29, 0.717) is 25.5 Å². The maximum Gasteiger partial charge on any atom is 0.227 e. The molecule has 1 aromatic carbocycles. The van der Waals surface area contributed by atoms with Gasteiger partial charge >= 0.3 is 0 Å². The quantitative estimate of drug-likeness (QED) is 0.827. The van der Waals surface area contributed by atoms with Crippen molar-refractivity contribution in [1.29, 1.82) is 0 Å². The number of benzene rings is 1. The lowest BCUT2D eigenvalue weighted by atomic mass is 10.0. The Balaban J connectivity index is 1.22. The number of amides is 1. The number of aromatic nitrogens is 1. The minimum Gasteiger partial charge on any atom is -0.493 e. The number of rotatable bonds is 6. The van der Waals surface area contributed by atoms with E-state index in [1.54, 1.807) is 6.20 Å². The molecule has 2 saturated heterocycles. The second kappa shape index (κ2) is 8.58. The molecule has 0 radical (unpaired) electrons. The van der Waals surface area contributed by atoms with Gasteiger partial charge in [0, 0.05) is 25.9 Å². The standard InChI is InChI=1S/C21H25N3O4/c25-20(8-13-26-18-4-2-1-3-5-18)23-17-6-7-19(22-16-17)24-11-9-21(10-12-24)27-14-15-28-21/h1-7,16H,8-15H2,(H,23,25). The molecule has 1 amide bonds. The number of para-hydroxylation sites is 1. The molecule has 7 nitrogen and oxygen atoms in total. The normalized spacial score (nSPS) is 18.2. The van der Waals surface area contributed by atoms with Gasteiger partial charge in [-0.05, 0) is 24.3 Å². The van der Waals surface area contributed by atoms with Gasteiger partial charge in [-0.15, -0.1) is 0 Å². The van der Waals surface area contributed by atoms with Crippen LogP contribution in [0.4, 0.5) is 11.5 Å². The molecule has 0 saturated carbocycles.